The van der Waals surface area contributed by atoms with Crippen LogP contribution in [0.25, 0.3) is 5.69 Å². The lowest BCUT2D eigenvalue weighted by Crippen LogP contribution is -2.29. The Balaban J connectivity index is 1.80. The molecule has 0 radical (unpaired) electrons. The summed E-state index contributed by atoms with van der Waals surface area (Å²) in [6.45, 7) is 13.1. The molecule has 3 rings (SSSR count). The second-order valence-electron chi connectivity index (χ2n) is 7.22. The molecular formula is C22H29N5O. The number of amides is 1. The third-order valence-electron chi connectivity index (χ3n) is 5.18. The van der Waals surface area contributed by atoms with Crippen LogP contribution in [-0.2, 0) is 6.54 Å². The predicted octanol–water partition coefficient (Wildman–Crippen LogP) is 4.20. The van der Waals surface area contributed by atoms with Gasteiger partial charge in [0.1, 0.15) is 0 Å². The van der Waals surface area contributed by atoms with E-state index in [9.17, 15) is 4.79 Å². The molecule has 6 nitrogen and oxygen atoms in total. The van der Waals surface area contributed by atoms with Gasteiger partial charge in [-0.15, -0.1) is 0 Å². The third kappa shape index (κ3) is 3.72. The lowest BCUT2D eigenvalue weighted by atomic mass is 10.0. The third-order valence-corrected chi connectivity index (χ3v) is 5.18. The summed E-state index contributed by atoms with van der Waals surface area (Å²) in [6.07, 6.45) is 0.812. The van der Waals surface area contributed by atoms with Gasteiger partial charge in [0.25, 0.3) is 5.91 Å². The molecule has 148 valence electrons. The highest BCUT2D eigenvalue weighted by Gasteiger charge is 2.21. The fraction of sp³-hybridized carbons (Fsp3) is 0.409. The van der Waals surface area contributed by atoms with Crippen LogP contribution in [0, 0.1) is 27.7 Å². The van der Waals surface area contributed by atoms with Crippen molar-refractivity contribution in [3.63, 3.8) is 0 Å². The molecule has 6 heteroatoms. The van der Waals surface area contributed by atoms with Crippen LogP contribution in [0.4, 0.5) is 0 Å². The Labute approximate surface area is 166 Å². The molecule has 2 aromatic heterocycles. The van der Waals surface area contributed by atoms with E-state index in [1.165, 1.54) is 0 Å². The van der Waals surface area contributed by atoms with Gasteiger partial charge < -0.3 is 5.32 Å². The van der Waals surface area contributed by atoms with Crippen molar-refractivity contribution in [2.45, 2.75) is 60.5 Å². The number of hydrogen-bond donors (Lipinski definition) is 1. The lowest BCUT2D eigenvalue weighted by Gasteiger charge is -2.18. The minimum absolute atomic E-state index is 0.0523. The summed E-state index contributed by atoms with van der Waals surface area (Å²) in [5.74, 6) is -0.0742. The summed E-state index contributed by atoms with van der Waals surface area (Å²) < 4.78 is 3.88. The van der Waals surface area contributed by atoms with E-state index in [1.54, 1.807) is 0 Å². The van der Waals surface area contributed by atoms with Gasteiger partial charge in [-0.2, -0.15) is 10.2 Å². The highest BCUT2D eigenvalue weighted by Crippen LogP contribution is 2.25. The number of aryl methyl sites for hydroxylation is 4. The van der Waals surface area contributed by atoms with Crippen LogP contribution in [0.2, 0.25) is 0 Å². The topological polar surface area (TPSA) is 64.7 Å². The van der Waals surface area contributed by atoms with Crippen LogP contribution in [0.1, 0.15) is 65.0 Å². The summed E-state index contributed by atoms with van der Waals surface area (Å²) in [4.78, 5) is 12.8. The van der Waals surface area contributed by atoms with E-state index in [0.29, 0.717) is 5.56 Å². The van der Waals surface area contributed by atoms with Crippen LogP contribution < -0.4 is 5.32 Å². The number of carbonyl (C=O) groups excluding carboxylic acids is 1. The monoisotopic (exact) mass is 379 g/mol. The van der Waals surface area contributed by atoms with Crippen LogP contribution in [0.5, 0.6) is 0 Å². The first kappa shape index (κ1) is 19.9. The van der Waals surface area contributed by atoms with Gasteiger partial charge in [-0.05, 0) is 71.4 Å². The second kappa shape index (κ2) is 8.00. The Morgan fingerprint density at radius 3 is 2.25 bits per heavy atom. The molecule has 1 unspecified atom stereocenters. The minimum atomic E-state index is -0.0742. The number of benzene rings is 1. The van der Waals surface area contributed by atoms with Crippen molar-refractivity contribution < 1.29 is 4.79 Å². The number of nitrogens with one attached hydrogen (secondary N) is 1. The van der Waals surface area contributed by atoms with Crippen LogP contribution in [0.3, 0.4) is 0 Å². The van der Waals surface area contributed by atoms with Gasteiger partial charge in [-0.25, -0.2) is 4.68 Å². The Morgan fingerprint density at radius 1 is 1.07 bits per heavy atom. The first-order valence-electron chi connectivity index (χ1n) is 9.84. The van der Waals surface area contributed by atoms with Crippen LogP contribution in [0.15, 0.2) is 30.3 Å². The van der Waals surface area contributed by atoms with Gasteiger partial charge in [0.05, 0.1) is 23.1 Å². The maximum atomic E-state index is 12.8. The van der Waals surface area contributed by atoms with Crippen molar-refractivity contribution in [3.05, 3.63) is 64.2 Å². The molecule has 0 aliphatic carbocycles. The van der Waals surface area contributed by atoms with Crippen molar-refractivity contribution in [1.29, 1.82) is 0 Å². The number of carbonyl (C=O) groups is 1. The van der Waals surface area contributed by atoms with Gasteiger partial charge in [0.2, 0.25) is 0 Å². The molecule has 28 heavy (non-hydrogen) atoms. The molecule has 0 saturated carbocycles. The van der Waals surface area contributed by atoms with Gasteiger partial charge >= 0.3 is 0 Å². The smallest absolute Gasteiger partial charge is 0.251 e. The zero-order valence-corrected chi connectivity index (χ0v) is 17.6. The van der Waals surface area contributed by atoms with Crippen LogP contribution >= 0.6 is 0 Å². The summed E-state index contributed by atoms with van der Waals surface area (Å²) in [6, 6.07) is 9.55. The quantitative estimate of drug-likeness (QED) is 0.698. The Bertz CT molecular complexity index is 981. The number of nitrogens with zero attached hydrogens (tertiary/aromatic N) is 4. The largest absolute Gasteiger partial charge is 0.345 e. The predicted molar refractivity (Wildman–Crippen MR) is 111 cm³/mol. The molecule has 0 bridgehead atoms. The van der Waals surface area contributed by atoms with Gasteiger partial charge in [-0.1, -0.05) is 6.92 Å². The number of hydrogen-bond acceptors (Lipinski definition) is 3. The van der Waals surface area contributed by atoms with Crippen molar-refractivity contribution in [2.24, 2.45) is 0 Å². The average molecular weight is 380 g/mol. The fourth-order valence-electron chi connectivity index (χ4n) is 3.79. The van der Waals surface area contributed by atoms with Crippen molar-refractivity contribution in [1.82, 2.24) is 24.9 Å². The van der Waals surface area contributed by atoms with Gasteiger partial charge in [0.15, 0.2) is 0 Å². The molecule has 0 aliphatic rings. The molecule has 1 amide bonds. The van der Waals surface area contributed by atoms with E-state index in [0.717, 1.165) is 47.0 Å². The summed E-state index contributed by atoms with van der Waals surface area (Å²) in [5, 5.41) is 12.3. The Morgan fingerprint density at radius 2 is 1.75 bits per heavy atom. The minimum Gasteiger partial charge on any atom is -0.345 e. The summed E-state index contributed by atoms with van der Waals surface area (Å²) in [5.41, 5.74) is 6.85. The van der Waals surface area contributed by atoms with Crippen molar-refractivity contribution >= 4 is 5.91 Å². The normalized spacial score (nSPS) is 12.2. The van der Waals surface area contributed by atoms with Crippen molar-refractivity contribution in [3.8, 4) is 5.69 Å². The maximum absolute atomic E-state index is 12.8. The zero-order valence-electron chi connectivity index (χ0n) is 17.6. The highest BCUT2D eigenvalue weighted by molar-refractivity contribution is 5.94. The molecular weight excluding hydrogens is 350 g/mol. The number of rotatable bonds is 6. The van der Waals surface area contributed by atoms with E-state index in [-0.39, 0.29) is 11.9 Å². The van der Waals surface area contributed by atoms with E-state index in [1.807, 2.05) is 60.5 Å². The molecule has 2 heterocycles. The van der Waals surface area contributed by atoms with Crippen LogP contribution in [-0.4, -0.2) is 25.5 Å². The SMILES string of the molecule is CCC(NC(=O)c1ccc(-n2nc(C)cc2C)cc1)c1c(C)nn(CC)c1C. The van der Waals surface area contributed by atoms with Gasteiger partial charge in [0, 0.05) is 29.1 Å². The second-order valence-corrected chi connectivity index (χ2v) is 7.22. The number of aromatic nitrogens is 4. The Kier molecular flexibility index (Phi) is 5.68. The zero-order chi connectivity index (χ0) is 20.4. The molecule has 0 aliphatic heterocycles. The summed E-state index contributed by atoms with van der Waals surface area (Å²) >= 11 is 0. The highest BCUT2D eigenvalue weighted by atomic mass is 16.1. The molecule has 0 saturated heterocycles. The van der Waals surface area contributed by atoms with E-state index in [4.69, 9.17) is 0 Å². The molecule has 0 fully saturated rings. The maximum Gasteiger partial charge on any atom is 0.251 e. The standard InChI is InChI=1S/C22H29N5O/c1-7-20(21-16(5)25-26(8-2)17(21)6)23-22(28)18-9-11-19(12-10-18)27-15(4)13-14(3)24-27/h9-13,20H,7-8H2,1-6H3,(H,23,28). The first-order valence-corrected chi connectivity index (χ1v) is 9.84. The lowest BCUT2D eigenvalue weighted by molar-refractivity contribution is 0.0935. The van der Waals surface area contributed by atoms with E-state index in [2.05, 4.69) is 36.3 Å². The molecule has 1 aromatic carbocycles. The molecule has 1 atom stereocenters. The molecule has 1 N–H and O–H groups in total. The van der Waals surface area contributed by atoms with Gasteiger partial charge in [-0.3, -0.25) is 9.48 Å². The average Bonchev–Trinajstić information content (AvgIpc) is 3.17. The van der Waals surface area contributed by atoms with Crippen molar-refractivity contribution in [2.75, 3.05) is 0 Å². The Hall–Kier alpha value is -2.89. The molecule has 3 aromatic rings. The molecule has 0 spiro atoms. The summed E-state index contributed by atoms with van der Waals surface area (Å²) in [7, 11) is 0. The fourth-order valence-corrected chi connectivity index (χ4v) is 3.79. The first-order chi connectivity index (χ1) is 13.3. The van der Waals surface area contributed by atoms with E-state index >= 15 is 0 Å². The van der Waals surface area contributed by atoms with E-state index < -0.39 is 0 Å².